The van der Waals surface area contributed by atoms with Gasteiger partial charge in [0.25, 0.3) is 11.8 Å². The number of benzene rings is 2. The fourth-order valence-electron chi connectivity index (χ4n) is 1.97. The summed E-state index contributed by atoms with van der Waals surface area (Å²) in [6.07, 6.45) is 0. The number of nitrogens with one attached hydrogen (secondary N) is 2. The molecule has 0 atom stereocenters. The van der Waals surface area contributed by atoms with Crippen LogP contribution in [0.1, 0.15) is 27.0 Å². The molecule has 0 aromatic heterocycles. The molecule has 0 aliphatic carbocycles. The lowest BCUT2D eigenvalue weighted by Gasteiger charge is -2.10. The Morgan fingerprint density at radius 1 is 0.957 bits per heavy atom. The number of ether oxygens (including phenoxy) is 1. The molecule has 5 nitrogen and oxygen atoms in total. The Kier molecular flexibility index (Phi) is 5.36. The van der Waals surface area contributed by atoms with Gasteiger partial charge in [0.15, 0.2) is 6.61 Å². The summed E-state index contributed by atoms with van der Waals surface area (Å²) in [5, 5.41) is 0. The largest absolute Gasteiger partial charge is 0.484 e. The summed E-state index contributed by atoms with van der Waals surface area (Å²) >= 11 is 0. The quantitative estimate of drug-likeness (QED) is 0.852. The highest BCUT2D eigenvalue weighted by Gasteiger charge is 2.08. The molecule has 23 heavy (non-hydrogen) atoms. The molecular formula is C18H20N2O3. The third-order valence-corrected chi connectivity index (χ3v) is 3.44. The minimum Gasteiger partial charge on any atom is -0.484 e. The van der Waals surface area contributed by atoms with E-state index in [4.69, 9.17) is 4.74 Å². The molecule has 120 valence electrons. The molecule has 2 aromatic carbocycles. The highest BCUT2D eigenvalue weighted by atomic mass is 16.5. The summed E-state index contributed by atoms with van der Waals surface area (Å²) in [5.74, 6) is -0.179. The van der Waals surface area contributed by atoms with Crippen LogP contribution in [0.3, 0.4) is 0 Å². The molecule has 2 N–H and O–H groups in total. The lowest BCUT2D eigenvalue weighted by molar-refractivity contribution is -0.123. The van der Waals surface area contributed by atoms with Crippen molar-refractivity contribution in [2.75, 3.05) is 6.61 Å². The Labute approximate surface area is 135 Å². The fourth-order valence-corrected chi connectivity index (χ4v) is 1.97. The van der Waals surface area contributed by atoms with Crippen LogP contribution < -0.4 is 15.6 Å². The maximum atomic E-state index is 12.0. The van der Waals surface area contributed by atoms with Crippen LogP contribution in [0.15, 0.2) is 42.5 Å². The van der Waals surface area contributed by atoms with Crippen molar-refractivity contribution in [3.8, 4) is 5.75 Å². The third kappa shape index (κ3) is 4.85. The van der Waals surface area contributed by atoms with E-state index in [9.17, 15) is 9.59 Å². The summed E-state index contributed by atoms with van der Waals surface area (Å²) < 4.78 is 5.36. The van der Waals surface area contributed by atoms with Crippen LogP contribution in [0.25, 0.3) is 0 Å². The summed E-state index contributed by atoms with van der Waals surface area (Å²) in [7, 11) is 0. The smallest absolute Gasteiger partial charge is 0.276 e. The number of rotatable bonds is 4. The van der Waals surface area contributed by atoms with Gasteiger partial charge in [0, 0.05) is 5.56 Å². The van der Waals surface area contributed by atoms with Crippen LogP contribution in [0.2, 0.25) is 0 Å². The van der Waals surface area contributed by atoms with E-state index in [1.807, 2.05) is 45.0 Å². The van der Waals surface area contributed by atoms with Crippen molar-refractivity contribution in [1.82, 2.24) is 10.9 Å². The maximum Gasteiger partial charge on any atom is 0.276 e. The van der Waals surface area contributed by atoms with E-state index in [-0.39, 0.29) is 12.5 Å². The second kappa shape index (κ2) is 7.45. The van der Waals surface area contributed by atoms with E-state index in [0.717, 1.165) is 16.7 Å². The number of hydrogen-bond donors (Lipinski definition) is 2. The van der Waals surface area contributed by atoms with Crippen molar-refractivity contribution < 1.29 is 14.3 Å². The second-order valence-electron chi connectivity index (χ2n) is 5.41. The number of hydrazine groups is 1. The summed E-state index contributed by atoms with van der Waals surface area (Å²) in [6.45, 7) is 5.68. The van der Waals surface area contributed by atoms with Gasteiger partial charge < -0.3 is 4.74 Å². The normalized spacial score (nSPS) is 10.0. The molecule has 2 amide bonds. The monoisotopic (exact) mass is 312 g/mol. The molecule has 0 radical (unpaired) electrons. The van der Waals surface area contributed by atoms with Crippen LogP contribution >= 0.6 is 0 Å². The van der Waals surface area contributed by atoms with E-state index in [2.05, 4.69) is 10.9 Å². The minimum atomic E-state index is -0.427. The van der Waals surface area contributed by atoms with Crippen molar-refractivity contribution in [1.29, 1.82) is 0 Å². The Bertz CT molecular complexity index is 726. The SMILES string of the molecule is Cc1cccc(OCC(=O)NNC(=O)c2ccc(C)c(C)c2)c1. The van der Waals surface area contributed by atoms with Crippen molar-refractivity contribution in [3.63, 3.8) is 0 Å². The molecule has 2 rings (SSSR count). The molecular weight excluding hydrogens is 292 g/mol. The zero-order valence-electron chi connectivity index (χ0n) is 13.5. The van der Waals surface area contributed by atoms with E-state index in [1.165, 1.54) is 0 Å². The predicted octanol–water partition coefficient (Wildman–Crippen LogP) is 2.45. The van der Waals surface area contributed by atoms with E-state index < -0.39 is 5.91 Å². The predicted molar refractivity (Wildman–Crippen MR) is 88.2 cm³/mol. The second-order valence-corrected chi connectivity index (χ2v) is 5.41. The standard InChI is InChI=1S/C18H20N2O3/c1-12-5-4-6-16(9-12)23-11-17(21)19-20-18(22)15-8-7-13(2)14(3)10-15/h4-10H,11H2,1-3H3,(H,19,21)(H,20,22). The molecule has 0 bridgehead atoms. The molecule has 0 saturated heterocycles. The molecule has 2 aromatic rings. The average Bonchev–Trinajstić information content (AvgIpc) is 2.53. The number of carbonyl (C=O) groups excluding carboxylic acids is 2. The molecule has 0 saturated carbocycles. The lowest BCUT2D eigenvalue weighted by Crippen LogP contribution is -2.43. The first-order valence-electron chi connectivity index (χ1n) is 7.31. The number of carbonyl (C=O) groups is 2. The van der Waals surface area contributed by atoms with Crippen molar-refractivity contribution >= 4 is 11.8 Å². The third-order valence-electron chi connectivity index (χ3n) is 3.44. The zero-order chi connectivity index (χ0) is 16.8. The number of hydrogen-bond acceptors (Lipinski definition) is 3. The van der Waals surface area contributed by atoms with Crippen LogP contribution in [0.4, 0.5) is 0 Å². The Hall–Kier alpha value is -2.82. The fraction of sp³-hybridized carbons (Fsp3) is 0.222. The maximum absolute atomic E-state index is 12.0. The summed E-state index contributed by atoms with van der Waals surface area (Å²) in [5.41, 5.74) is 8.38. The Morgan fingerprint density at radius 3 is 2.43 bits per heavy atom. The van der Waals surface area contributed by atoms with Crippen molar-refractivity contribution in [2.45, 2.75) is 20.8 Å². The first kappa shape index (κ1) is 16.5. The lowest BCUT2D eigenvalue weighted by atomic mass is 10.1. The topological polar surface area (TPSA) is 67.4 Å². The first-order valence-corrected chi connectivity index (χ1v) is 7.31. The molecule has 0 unspecified atom stereocenters. The van der Waals surface area contributed by atoms with E-state index in [0.29, 0.717) is 11.3 Å². The van der Waals surface area contributed by atoms with Crippen LogP contribution in [-0.2, 0) is 4.79 Å². The summed E-state index contributed by atoms with van der Waals surface area (Å²) in [6, 6.07) is 12.8. The van der Waals surface area contributed by atoms with Crippen LogP contribution in [-0.4, -0.2) is 18.4 Å². The molecule has 0 aliphatic heterocycles. The van der Waals surface area contributed by atoms with Crippen molar-refractivity contribution in [2.24, 2.45) is 0 Å². The minimum absolute atomic E-state index is 0.170. The van der Waals surface area contributed by atoms with Crippen LogP contribution in [0, 0.1) is 20.8 Å². The summed E-state index contributed by atoms with van der Waals surface area (Å²) in [4.78, 5) is 23.7. The van der Waals surface area contributed by atoms with Gasteiger partial charge in [-0.2, -0.15) is 0 Å². The number of aryl methyl sites for hydroxylation is 3. The van der Waals surface area contributed by atoms with E-state index >= 15 is 0 Å². The van der Waals surface area contributed by atoms with Gasteiger partial charge in [0.05, 0.1) is 0 Å². The van der Waals surface area contributed by atoms with Gasteiger partial charge in [-0.3, -0.25) is 20.4 Å². The highest BCUT2D eigenvalue weighted by Crippen LogP contribution is 2.12. The van der Waals surface area contributed by atoms with Gasteiger partial charge in [-0.05, 0) is 61.7 Å². The molecule has 5 heteroatoms. The van der Waals surface area contributed by atoms with E-state index in [1.54, 1.807) is 18.2 Å². The van der Waals surface area contributed by atoms with Gasteiger partial charge in [-0.15, -0.1) is 0 Å². The van der Waals surface area contributed by atoms with Gasteiger partial charge in [-0.25, -0.2) is 0 Å². The average molecular weight is 312 g/mol. The zero-order valence-corrected chi connectivity index (χ0v) is 13.5. The van der Waals surface area contributed by atoms with Gasteiger partial charge in [0.1, 0.15) is 5.75 Å². The first-order chi connectivity index (χ1) is 11.0. The molecule has 0 fully saturated rings. The van der Waals surface area contributed by atoms with Gasteiger partial charge >= 0.3 is 0 Å². The van der Waals surface area contributed by atoms with Gasteiger partial charge in [-0.1, -0.05) is 18.2 Å². The molecule has 0 heterocycles. The van der Waals surface area contributed by atoms with Gasteiger partial charge in [0.2, 0.25) is 0 Å². The van der Waals surface area contributed by atoms with Crippen molar-refractivity contribution in [3.05, 3.63) is 64.7 Å². The number of amides is 2. The Morgan fingerprint density at radius 2 is 1.74 bits per heavy atom. The van der Waals surface area contributed by atoms with Crippen LogP contribution in [0.5, 0.6) is 5.75 Å². The Balaban J connectivity index is 1.81. The highest BCUT2D eigenvalue weighted by molar-refractivity contribution is 5.95. The molecule has 0 aliphatic rings. The molecule has 0 spiro atoms.